The standard InChI is InChI=1S/C20H24N2O/c1-15(2)13-20(19(14-21)16-7-5-4-6-8-16)22-17-9-11-18(23-3)12-10-17/h4-12,15,19-20,22H,13H2,1-3H3/t19?,20-/m1/s1. The lowest BCUT2D eigenvalue weighted by Crippen LogP contribution is -2.28. The number of hydrogen-bond donors (Lipinski definition) is 1. The molecule has 0 saturated heterocycles. The Morgan fingerprint density at radius 2 is 1.70 bits per heavy atom. The smallest absolute Gasteiger partial charge is 0.119 e. The van der Waals surface area contributed by atoms with Crippen molar-refractivity contribution < 1.29 is 4.74 Å². The topological polar surface area (TPSA) is 45.0 Å². The van der Waals surface area contributed by atoms with E-state index in [1.54, 1.807) is 7.11 Å². The van der Waals surface area contributed by atoms with Crippen molar-refractivity contribution in [3.05, 3.63) is 60.2 Å². The SMILES string of the molecule is COc1ccc(N[C@H](CC(C)C)C(C#N)c2ccccc2)cc1. The Morgan fingerprint density at radius 3 is 2.22 bits per heavy atom. The predicted octanol–water partition coefficient (Wildman–Crippen LogP) is 4.83. The van der Waals surface area contributed by atoms with E-state index in [-0.39, 0.29) is 12.0 Å². The first kappa shape index (κ1) is 16.9. The third-order valence-corrected chi connectivity index (χ3v) is 3.87. The van der Waals surface area contributed by atoms with Crippen LogP contribution in [0, 0.1) is 17.2 Å². The number of nitriles is 1. The van der Waals surface area contributed by atoms with Gasteiger partial charge in [0, 0.05) is 11.7 Å². The number of anilines is 1. The molecular formula is C20H24N2O. The highest BCUT2D eigenvalue weighted by Crippen LogP contribution is 2.27. The van der Waals surface area contributed by atoms with Crippen LogP contribution in [0.4, 0.5) is 5.69 Å². The number of nitrogens with one attached hydrogen (secondary N) is 1. The summed E-state index contributed by atoms with van der Waals surface area (Å²) in [5, 5.41) is 13.2. The lowest BCUT2D eigenvalue weighted by atomic mass is 9.87. The van der Waals surface area contributed by atoms with Gasteiger partial charge in [0.15, 0.2) is 0 Å². The molecule has 0 aromatic heterocycles. The lowest BCUT2D eigenvalue weighted by Gasteiger charge is -2.26. The molecule has 0 aliphatic heterocycles. The van der Waals surface area contributed by atoms with Gasteiger partial charge in [-0.05, 0) is 42.2 Å². The summed E-state index contributed by atoms with van der Waals surface area (Å²) in [5.74, 6) is 1.15. The molecule has 0 bridgehead atoms. The molecule has 0 amide bonds. The van der Waals surface area contributed by atoms with Crippen LogP contribution >= 0.6 is 0 Å². The molecule has 3 nitrogen and oxygen atoms in total. The molecule has 1 N–H and O–H groups in total. The van der Waals surface area contributed by atoms with Crippen molar-refractivity contribution in [3.8, 4) is 11.8 Å². The fourth-order valence-corrected chi connectivity index (χ4v) is 2.74. The van der Waals surface area contributed by atoms with E-state index in [1.807, 2.05) is 54.6 Å². The zero-order valence-corrected chi connectivity index (χ0v) is 14.0. The summed E-state index contributed by atoms with van der Waals surface area (Å²) < 4.78 is 5.20. The summed E-state index contributed by atoms with van der Waals surface area (Å²) in [6.45, 7) is 4.37. The van der Waals surface area contributed by atoms with Crippen molar-refractivity contribution in [2.45, 2.75) is 32.2 Å². The van der Waals surface area contributed by atoms with Crippen LogP contribution in [0.25, 0.3) is 0 Å². The normalized spacial score (nSPS) is 13.2. The van der Waals surface area contributed by atoms with Crippen molar-refractivity contribution in [2.24, 2.45) is 5.92 Å². The minimum atomic E-state index is -0.180. The zero-order chi connectivity index (χ0) is 16.7. The molecule has 0 aliphatic carbocycles. The van der Waals surface area contributed by atoms with E-state index >= 15 is 0 Å². The Hall–Kier alpha value is -2.47. The molecule has 23 heavy (non-hydrogen) atoms. The molecule has 2 atom stereocenters. The number of benzene rings is 2. The molecule has 2 aromatic carbocycles. The van der Waals surface area contributed by atoms with E-state index in [2.05, 4.69) is 25.2 Å². The van der Waals surface area contributed by atoms with Crippen LogP contribution in [0.3, 0.4) is 0 Å². The van der Waals surface area contributed by atoms with Crippen LogP contribution in [0.1, 0.15) is 31.7 Å². The summed E-state index contributed by atoms with van der Waals surface area (Å²) in [5.41, 5.74) is 2.06. The second kappa shape index (κ2) is 8.24. The summed E-state index contributed by atoms with van der Waals surface area (Å²) in [4.78, 5) is 0. The summed E-state index contributed by atoms with van der Waals surface area (Å²) in [6.07, 6.45) is 0.930. The van der Waals surface area contributed by atoms with Gasteiger partial charge in [-0.25, -0.2) is 0 Å². The highest BCUT2D eigenvalue weighted by molar-refractivity contribution is 5.48. The van der Waals surface area contributed by atoms with E-state index < -0.39 is 0 Å². The maximum absolute atomic E-state index is 9.71. The maximum Gasteiger partial charge on any atom is 0.119 e. The van der Waals surface area contributed by atoms with Crippen LogP contribution in [0.15, 0.2) is 54.6 Å². The van der Waals surface area contributed by atoms with Gasteiger partial charge in [-0.1, -0.05) is 44.2 Å². The number of hydrogen-bond acceptors (Lipinski definition) is 3. The Balaban J connectivity index is 2.22. The molecule has 1 unspecified atom stereocenters. The van der Waals surface area contributed by atoms with Crippen molar-refractivity contribution in [1.29, 1.82) is 5.26 Å². The van der Waals surface area contributed by atoms with Crippen molar-refractivity contribution in [3.63, 3.8) is 0 Å². The van der Waals surface area contributed by atoms with E-state index in [9.17, 15) is 5.26 Å². The van der Waals surface area contributed by atoms with Gasteiger partial charge in [-0.3, -0.25) is 0 Å². The Labute approximate surface area is 138 Å². The van der Waals surface area contributed by atoms with Crippen LogP contribution in [-0.4, -0.2) is 13.2 Å². The molecule has 3 heteroatoms. The molecule has 0 spiro atoms. The average Bonchev–Trinajstić information content (AvgIpc) is 2.56. The number of ether oxygens (including phenoxy) is 1. The van der Waals surface area contributed by atoms with E-state index in [4.69, 9.17) is 4.74 Å². The lowest BCUT2D eigenvalue weighted by molar-refractivity contribution is 0.415. The van der Waals surface area contributed by atoms with Crippen LogP contribution in [0.5, 0.6) is 5.75 Å². The minimum absolute atomic E-state index is 0.0656. The van der Waals surface area contributed by atoms with Crippen LogP contribution in [0.2, 0.25) is 0 Å². The minimum Gasteiger partial charge on any atom is -0.497 e. The van der Waals surface area contributed by atoms with Crippen molar-refractivity contribution >= 4 is 5.69 Å². The average molecular weight is 308 g/mol. The molecular weight excluding hydrogens is 284 g/mol. The Bertz CT molecular complexity index is 629. The van der Waals surface area contributed by atoms with Gasteiger partial charge in [0.05, 0.1) is 19.1 Å². The number of rotatable bonds is 7. The summed E-state index contributed by atoms with van der Waals surface area (Å²) >= 11 is 0. The molecule has 120 valence electrons. The molecule has 2 aromatic rings. The molecule has 0 aliphatic rings. The van der Waals surface area contributed by atoms with Crippen molar-refractivity contribution in [2.75, 3.05) is 12.4 Å². The van der Waals surface area contributed by atoms with E-state index in [0.29, 0.717) is 5.92 Å². The number of methoxy groups -OCH3 is 1. The fourth-order valence-electron chi connectivity index (χ4n) is 2.74. The van der Waals surface area contributed by atoms with Gasteiger partial charge in [0.1, 0.15) is 5.75 Å². The summed E-state index contributed by atoms with van der Waals surface area (Å²) in [7, 11) is 1.66. The largest absolute Gasteiger partial charge is 0.497 e. The van der Waals surface area contributed by atoms with E-state index in [1.165, 1.54) is 0 Å². The second-order valence-corrected chi connectivity index (χ2v) is 6.13. The Kier molecular flexibility index (Phi) is 6.05. The first-order valence-corrected chi connectivity index (χ1v) is 7.99. The zero-order valence-electron chi connectivity index (χ0n) is 14.0. The van der Waals surface area contributed by atoms with Crippen molar-refractivity contribution in [1.82, 2.24) is 0 Å². The Morgan fingerprint density at radius 1 is 1.04 bits per heavy atom. The van der Waals surface area contributed by atoms with Gasteiger partial charge in [0.25, 0.3) is 0 Å². The third kappa shape index (κ3) is 4.75. The van der Waals surface area contributed by atoms with Gasteiger partial charge in [0.2, 0.25) is 0 Å². The summed E-state index contributed by atoms with van der Waals surface area (Å²) in [6, 6.07) is 20.4. The van der Waals surface area contributed by atoms with E-state index in [0.717, 1.165) is 23.4 Å². The van der Waals surface area contributed by atoms with Gasteiger partial charge in [-0.2, -0.15) is 5.26 Å². The maximum atomic E-state index is 9.71. The first-order chi connectivity index (χ1) is 11.1. The monoisotopic (exact) mass is 308 g/mol. The molecule has 2 rings (SSSR count). The quantitative estimate of drug-likeness (QED) is 0.797. The van der Waals surface area contributed by atoms with Crippen LogP contribution < -0.4 is 10.1 Å². The first-order valence-electron chi connectivity index (χ1n) is 7.99. The second-order valence-electron chi connectivity index (χ2n) is 6.13. The van der Waals surface area contributed by atoms with Crippen LogP contribution in [-0.2, 0) is 0 Å². The highest BCUT2D eigenvalue weighted by atomic mass is 16.5. The fraction of sp³-hybridized carbons (Fsp3) is 0.350. The predicted molar refractivity (Wildman–Crippen MR) is 94.7 cm³/mol. The number of nitrogens with zero attached hydrogens (tertiary/aromatic N) is 1. The molecule has 0 radical (unpaired) electrons. The molecule has 0 fully saturated rings. The highest BCUT2D eigenvalue weighted by Gasteiger charge is 2.24. The molecule has 0 heterocycles. The van der Waals surface area contributed by atoms with Gasteiger partial charge < -0.3 is 10.1 Å². The molecule has 0 saturated carbocycles. The third-order valence-electron chi connectivity index (χ3n) is 3.87. The van der Waals surface area contributed by atoms with Gasteiger partial charge in [-0.15, -0.1) is 0 Å². The van der Waals surface area contributed by atoms with Gasteiger partial charge >= 0.3 is 0 Å².